The Morgan fingerprint density at radius 3 is 2.65 bits per heavy atom. The van der Waals surface area contributed by atoms with Crippen LogP contribution in [0, 0.1) is 11.8 Å². The van der Waals surface area contributed by atoms with Gasteiger partial charge in [0.25, 0.3) is 0 Å². The lowest BCUT2D eigenvalue weighted by Gasteiger charge is -2.38. The van der Waals surface area contributed by atoms with E-state index < -0.39 is 5.60 Å². The van der Waals surface area contributed by atoms with Crippen LogP contribution in [-0.2, 0) is 5.60 Å². The normalized spacial score (nSPS) is 27.1. The molecule has 0 atom stereocenters. The number of nitrogens with zero attached hydrogens (tertiary/aromatic N) is 1. The SMILES string of the molecule is CC(C)C1CCC(O)(c2cccc3cnccc23)CC1. The molecule has 1 aliphatic rings. The second-order valence-electron chi connectivity index (χ2n) is 6.52. The first-order valence-corrected chi connectivity index (χ1v) is 7.66. The van der Waals surface area contributed by atoms with Crippen molar-refractivity contribution in [2.45, 2.75) is 45.1 Å². The maximum atomic E-state index is 11.1. The molecule has 2 aromatic rings. The Balaban J connectivity index is 1.95. The molecule has 2 heteroatoms. The summed E-state index contributed by atoms with van der Waals surface area (Å²) >= 11 is 0. The molecule has 0 aliphatic heterocycles. The summed E-state index contributed by atoms with van der Waals surface area (Å²) < 4.78 is 0. The number of aliphatic hydroxyl groups is 1. The zero-order chi connectivity index (χ0) is 14.2. The predicted octanol–water partition coefficient (Wildman–Crippen LogP) is 4.27. The first-order chi connectivity index (χ1) is 9.60. The van der Waals surface area contributed by atoms with Gasteiger partial charge in [0, 0.05) is 17.8 Å². The molecule has 0 bridgehead atoms. The highest BCUT2D eigenvalue weighted by molar-refractivity contribution is 5.85. The van der Waals surface area contributed by atoms with Crippen LogP contribution in [0.5, 0.6) is 0 Å². The van der Waals surface area contributed by atoms with Crippen molar-refractivity contribution in [3.63, 3.8) is 0 Å². The molecule has 20 heavy (non-hydrogen) atoms. The van der Waals surface area contributed by atoms with Crippen LogP contribution >= 0.6 is 0 Å². The summed E-state index contributed by atoms with van der Waals surface area (Å²) in [6, 6.07) is 8.20. The Morgan fingerprint density at radius 2 is 1.95 bits per heavy atom. The minimum Gasteiger partial charge on any atom is -0.385 e. The number of pyridine rings is 1. The quantitative estimate of drug-likeness (QED) is 0.883. The lowest BCUT2D eigenvalue weighted by Crippen LogP contribution is -2.33. The van der Waals surface area contributed by atoms with Gasteiger partial charge in [-0.3, -0.25) is 4.98 Å². The van der Waals surface area contributed by atoms with E-state index in [0.29, 0.717) is 0 Å². The van der Waals surface area contributed by atoms with Crippen LogP contribution in [-0.4, -0.2) is 10.1 Å². The molecule has 1 aromatic heterocycles. The molecule has 0 unspecified atom stereocenters. The molecule has 0 spiro atoms. The number of hydrogen-bond donors (Lipinski definition) is 1. The highest BCUT2D eigenvalue weighted by Gasteiger charge is 2.36. The van der Waals surface area contributed by atoms with Gasteiger partial charge in [0.1, 0.15) is 0 Å². The van der Waals surface area contributed by atoms with Crippen LogP contribution in [0.1, 0.15) is 45.1 Å². The molecule has 0 saturated heterocycles. The van der Waals surface area contributed by atoms with Gasteiger partial charge in [-0.1, -0.05) is 32.0 Å². The average molecular weight is 269 g/mol. The van der Waals surface area contributed by atoms with Gasteiger partial charge < -0.3 is 5.11 Å². The Morgan fingerprint density at radius 1 is 1.20 bits per heavy atom. The zero-order valence-electron chi connectivity index (χ0n) is 12.3. The molecule has 1 heterocycles. The van der Waals surface area contributed by atoms with E-state index >= 15 is 0 Å². The van der Waals surface area contributed by atoms with E-state index in [1.807, 2.05) is 24.5 Å². The summed E-state index contributed by atoms with van der Waals surface area (Å²) in [5.74, 6) is 1.48. The second kappa shape index (κ2) is 5.17. The maximum absolute atomic E-state index is 11.1. The van der Waals surface area contributed by atoms with Crippen LogP contribution in [0.15, 0.2) is 36.7 Å². The topological polar surface area (TPSA) is 33.1 Å². The summed E-state index contributed by atoms with van der Waals surface area (Å²) in [7, 11) is 0. The number of fused-ring (bicyclic) bond motifs is 1. The van der Waals surface area contributed by atoms with E-state index in [0.717, 1.165) is 53.9 Å². The highest BCUT2D eigenvalue weighted by Crippen LogP contribution is 2.43. The first-order valence-electron chi connectivity index (χ1n) is 7.66. The zero-order valence-corrected chi connectivity index (χ0v) is 12.3. The van der Waals surface area contributed by atoms with Crippen LogP contribution < -0.4 is 0 Å². The van der Waals surface area contributed by atoms with Gasteiger partial charge >= 0.3 is 0 Å². The van der Waals surface area contributed by atoms with Crippen molar-refractivity contribution >= 4 is 10.8 Å². The van der Waals surface area contributed by atoms with Gasteiger partial charge in [-0.05, 0) is 54.5 Å². The summed E-state index contributed by atoms with van der Waals surface area (Å²) in [5.41, 5.74) is 0.423. The monoisotopic (exact) mass is 269 g/mol. The maximum Gasteiger partial charge on any atom is 0.0902 e. The summed E-state index contributed by atoms with van der Waals surface area (Å²) in [6.07, 6.45) is 7.68. The van der Waals surface area contributed by atoms with E-state index in [4.69, 9.17) is 0 Å². The molecule has 1 saturated carbocycles. The molecule has 0 amide bonds. The number of hydrogen-bond acceptors (Lipinski definition) is 2. The van der Waals surface area contributed by atoms with Crippen LogP contribution in [0.3, 0.4) is 0 Å². The van der Waals surface area contributed by atoms with E-state index in [1.165, 1.54) is 0 Å². The number of rotatable bonds is 2. The third-order valence-corrected chi connectivity index (χ3v) is 4.98. The Labute approximate surface area is 120 Å². The van der Waals surface area contributed by atoms with E-state index in [9.17, 15) is 5.11 Å². The Hall–Kier alpha value is -1.41. The molecule has 1 aliphatic carbocycles. The van der Waals surface area contributed by atoms with E-state index in [-0.39, 0.29) is 0 Å². The van der Waals surface area contributed by atoms with Gasteiger partial charge in [-0.15, -0.1) is 0 Å². The smallest absolute Gasteiger partial charge is 0.0902 e. The van der Waals surface area contributed by atoms with Gasteiger partial charge in [0.05, 0.1) is 5.60 Å². The van der Waals surface area contributed by atoms with Crippen molar-refractivity contribution in [1.29, 1.82) is 0 Å². The van der Waals surface area contributed by atoms with Crippen molar-refractivity contribution in [2.24, 2.45) is 11.8 Å². The Kier molecular flexibility index (Phi) is 3.51. The van der Waals surface area contributed by atoms with Crippen LogP contribution in [0.4, 0.5) is 0 Å². The van der Waals surface area contributed by atoms with E-state index in [2.05, 4.69) is 31.0 Å². The predicted molar refractivity (Wildman–Crippen MR) is 82.4 cm³/mol. The second-order valence-corrected chi connectivity index (χ2v) is 6.52. The van der Waals surface area contributed by atoms with Gasteiger partial charge in [0.15, 0.2) is 0 Å². The molecular formula is C18H23NO. The van der Waals surface area contributed by atoms with Gasteiger partial charge in [0.2, 0.25) is 0 Å². The Bertz CT molecular complexity index is 592. The fourth-order valence-electron chi connectivity index (χ4n) is 3.58. The molecule has 0 radical (unpaired) electrons. The van der Waals surface area contributed by atoms with Crippen LogP contribution in [0.25, 0.3) is 10.8 Å². The average Bonchev–Trinajstić information content (AvgIpc) is 2.47. The molecular weight excluding hydrogens is 246 g/mol. The highest BCUT2D eigenvalue weighted by atomic mass is 16.3. The van der Waals surface area contributed by atoms with Crippen molar-refractivity contribution in [2.75, 3.05) is 0 Å². The fourth-order valence-corrected chi connectivity index (χ4v) is 3.58. The van der Waals surface area contributed by atoms with Crippen LogP contribution in [0.2, 0.25) is 0 Å². The summed E-state index contributed by atoms with van der Waals surface area (Å²) in [5, 5.41) is 13.4. The van der Waals surface area contributed by atoms with Gasteiger partial charge in [-0.2, -0.15) is 0 Å². The fraction of sp³-hybridized carbons (Fsp3) is 0.500. The summed E-state index contributed by atoms with van der Waals surface area (Å²) in [6.45, 7) is 4.58. The van der Waals surface area contributed by atoms with Crippen molar-refractivity contribution < 1.29 is 5.11 Å². The van der Waals surface area contributed by atoms with Crippen molar-refractivity contribution in [3.05, 3.63) is 42.2 Å². The lowest BCUT2D eigenvalue weighted by molar-refractivity contribution is -0.0187. The van der Waals surface area contributed by atoms with Crippen molar-refractivity contribution in [3.8, 4) is 0 Å². The third-order valence-electron chi connectivity index (χ3n) is 4.98. The molecule has 106 valence electrons. The number of aromatic nitrogens is 1. The number of benzene rings is 1. The molecule has 1 fully saturated rings. The van der Waals surface area contributed by atoms with Gasteiger partial charge in [-0.25, -0.2) is 0 Å². The largest absolute Gasteiger partial charge is 0.385 e. The standard InChI is InChI=1S/C18H23NO/c1-13(2)14-6-9-18(20,10-7-14)17-5-3-4-15-12-19-11-8-16(15)17/h3-5,8,11-14,20H,6-7,9-10H2,1-2H3. The lowest BCUT2D eigenvalue weighted by atomic mass is 9.71. The minimum atomic E-state index is -0.660. The first kappa shape index (κ1) is 13.6. The molecule has 2 nitrogen and oxygen atoms in total. The third kappa shape index (κ3) is 2.33. The van der Waals surface area contributed by atoms with E-state index in [1.54, 1.807) is 0 Å². The summed E-state index contributed by atoms with van der Waals surface area (Å²) in [4.78, 5) is 4.18. The molecule has 1 N–H and O–H groups in total. The molecule has 3 rings (SSSR count). The van der Waals surface area contributed by atoms with Crippen molar-refractivity contribution in [1.82, 2.24) is 4.98 Å². The minimum absolute atomic E-state index is 0.660. The molecule has 1 aromatic carbocycles.